The molecule has 2 nitrogen and oxygen atoms in total. The van der Waals surface area contributed by atoms with Gasteiger partial charge in [-0.3, -0.25) is 0 Å². The maximum atomic E-state index is 4.26. The summed E-state index contributed by atoms with van der Waals surface area (Å²) < 4.78 is 0. The van der Waals surface area contributed by atoms with Crippen LogP contribution in [0.2, 0.25) is 0 Å². The second-order valence-corrected chi connectivity index (χ2v) is 3.42. The molecule has 0 unspecified atom stereocenters. The van der Waals surface area contributed by atoms with Crippen LogP contribution in [0.3, 0.4) is 0 Å². The van der Waals surface area contributed by atoms with Crippen LogP contribution in [0.1, 0.15) is 52.4 Å². The van der Waals surface area contributed by atoms with Gasteiger partial charge in [0.15, 0.2) is 0 Å². The number of nitrogens with zero attached hydrogens (tertiary/aromatic N) is 2. The first-order valence-electron chi connectivity index (χ1n) is 4.91. The largest absolute Gasteiger partial charge is 0.161 e. The van der Waals surface area contributed by atoms with E-state index in [-0.39, 0.29) is 0 Å². The van der Waals surface area contributed by atoms with E-state index < -0.39 is 0 Å². The molecule has 0 aromatic carbocycles. The van der Waals surface area contributed by atoms with Crippen LogP contribution in [-0.4, -0.2) is 11.4 Å². The van der Waals surface area contributed by atoms with Crippen molar-refractivity contribution >= 4 is 11.4 Å². The van der Waals surface area contributed by atoms with Crippen LogP contribution in [0.25, 0.3) is 0 Å². The number of rotatable bonds is 2. The van der Waals surface area contributed by atoms with E-state index in [0.29, 0.717) is 0 Å². The zero-order valence-corrected chi connectivity index (χ0v) is 8.14. The summed E-state index contributed by atoms with van der Waals surface area (Å²) >= 11 is 0. The Kier molecular flexibility index (Phi) is 3.98. The Morgan fingerprint density at radius 1 is 1.25 bits per heavy atom. The summed E-state index contributed by atoms with van der Waals surface area (Å²) in [6.07, 6.45) is 7.33. The van der Waals surface area contributed by atoms with E-state index in [2.05, 4.69) is 17.1 Å². The van der Waals surface area contributed by atoms with Gasteiger partial charge in [-0.05, 0) is 39.0 Å². The highest BCUT2D eigenvalue weighted by molar-refractivity contribution is 5.87. The molecule has 0 aliphatic heterocycles. The zero-order chi connectivity index (χ0) is 8.81. The lowest BCUT2D eigenvalue weighted by Gasteiger charge is -2.10. The highest BCUT2D eigenvalue weighted by Gasteiger charge is 2.05. The molecular formula is C10H18N2. The molecule has 0 radical (unpaired) electrons. The van der Waals surface area contributed by atoms with Crippen LogP contribution in [0.5, 0.6) is 0 Å². The maximum absolute atomic E-state index is 4.26. The Hall–Kier alpha value is -0.660. The van der Waals surface area contributed by atoms with Gasteiger partial charge >= 0.3 is 0 Å². The Bertz CT molecular complexity index is 184. The standard InChI is InChI=1S/C10H18N2/c1-3-9(2)11-12-10-7-5-4-6-8-10/h3-8H2,1-2H3. The molecule has 1 fully saturated rings. The van der Waals surface area contributed by atoms with Gasteiger partial charge in [0, 0.05) is 11.4 Å². The normalized spacial score (nSPS) is 19.5. The van der Waals surface area contributed by atoms with Crippen LogP contribution in [0, 0.1) is 0 Å². The summed E-state index contributed by atoms with van der Waals surface area (Å²) in [7, 11) is 0. The average Bonchev–Trinajstić information content (AvgIpc) is 2.16. The molecule has 12 heavy (non-hydrogen) atoms. The third kappa shape index (κ3) is 3.16. The molecule has 1 aliphatic rings. The minimum absolute atomic E-state index is 1.01. The van der Waals surface area contributed by atoms with Crippen LogP contribution >= 0.6 is 0 Å². The van der Waals surface area contributed by atoms with E-state index >= 15 is 0 Å². The lowest BCUT2D eigenvalue weighted by atomic mass is 9.99. The van der Waals surface area contributed by atoms with Gasteiger partial charge in [-0.25, -0.2) is 0 Å². The van der Waals surface area contributed by atoms with Crippen LogP contribution in [0.4, 0.5) is 0 Å². The third-order valence-electron chi connectivity index (χ3n) is 2.30. The first-order valence-corrected chi connectivity index (χ1v) is 4.91. The topological polar surface area (TPSA) is 24.7 Å². The molecule has 68 valence electrons. The summed E-state index contributed by atoms with van der Waals surface area (Å²) in [5, 5.41) is 8.43. The van der Waals surface area contributed by atoms with E-state index in [1.165, 1.54) is 37.8 Å². The summed E-state index contributed by atoms with van der Waals surface area (Å²) in [6.45, 7) is 4.15. The Morgan fingerprint density at radius 2 is 1.92 bits per heavy atom. The summed E-state index contributed by atoms with van der Waals surface area (Å²) in [4.78, 5) is 0. The minimum Gasteiger partial charge on any atom is -0.161 e. The van der Waals surface area contributed by atoms with E-state index in [1.807, 2.05) is 6.92 Å². The predicted molar refractivity (Wildman–Crippen MR) is 53.9 cm³/mol. The van der Waals surface area contributed by atoms with Crippen LogP contribution in [-0.2, 0) is 0 Å². The highest BCUT2D eigenvalue weighted by atomic mass is 15.2. The molecule has 0 aromatic heterocycles. The minimum atomic E-state index is 1.01. The third-order valence-corrected chi connectivity index (χ3v) is 2.30. The molecule has 0 N–H and O–H groups in total. The van der Waals surface area contributed by atoms with Gasteiger partial charge in [-0.1, -0.05) is 13.3 Å². The fourth-order valence-corrected chi connectivity index (χ4v) is 1.29. The molecule has 0 bridgehead atoms. The summed E-state index contributed by atoms with van der Waals surface area (Å²) in [6, 6.07) is 0. The van der Waals surface area contributed by atoms with Crippen molar-refractivity contribution in [3.8, 4) is 0 Å². The summed E-state index contributed by atoms with van der Waals surface area (Å²) in [5.74, 6) is 0. The smallest absolute Gasteiger partial charge is 0.0405 e. The molecule has 0 atom stereocenters. The monoisotopic (exact) mass is 166 g/mol. The first-order chi connectivity index (χ1) is 5.83. The van der Waals surface area contributed by atoms with Crippen molar-refractivity contribution in [1.82, 2.24) is 0 Å². The van der Waals surface area contributed by atoms with Gasteiger partial charge in [-0.2, -0.15) is 10.2 Å². The summed E-state index contributed by atoms with van der Waals surface area (Å²) in [5.41, 5.74) is 2.43. The molecule has 0 spiro atoms. The van der Waals surface area contributed by atoms with E-state index in [1.54, 1.807) is 0 Å². The average molecular weight is 166 g/mol. The van der Waals surface area contributed by atoms with Crippen molar-refractivity contribution < 1.29 is 0 Å². The molecule has 0 heterocycles. The zero-order valence-electron chi connectivity index (χ0n) is 8.14. The van der Waals surface area contributed by atoms with Gasteiger partial charge in [-0.15, -0.1) is 0 Å². The lowest BCUT2D eigenvalue weighted by molar-refractivity contribution is 0.664. The fraction of sp³-hybridized carbons (Fsp3) is 0.800. The van der Waals surface area contributed by atoms with Gasteiger partial charge in [0.25, 0.3) is 0 Å². The quantitative estimate of drug-likeness (QED) is 0.444. The van der Waals surface area contributed by atoms with Crippen molar-refractivity contribution in [3.63, 3.8) is 0 Å². The van der Waals surface area contributed by atoms with Crippen molar-refractivity contribution in [3.05, 3.63) is 0 Å². The van der Waals surface area contributed by atoms with Crippen LogP contribution in [0.15, 0.2) is 10.2 Å². The predicted octanol–water partition coefficient (Wildman–Crippen LogP) is 3.18. The van der Waals surface area contributed by atoms with Crippen molar-refractivity contribution in [2.24, 2.45) is 10.2 Å². The molecule has 1 aliphatic carbocycles. The Morgan fingerprint density at radius 3 is 2.50 bits per heavy atom. The van der Waals surface area contributed by atoms with Crippen molar-refractivity contribution in [2.75, 3.05) is 0 Å². The molecule has 2 heteroatoms. The van der Waals surface area contributed by atoms with Gasteiger partial charge in [0.2, 0.25) is 0 Å². The highest BCUT2D eigenvalue weighted by Crippen LogP contribution is 2.14. The molecule has 0 amide bonds. The maximum Gasteiger partial charge on any atom is 0.0405 e. The number of hydrogen-bond donors (Lipinski definition) is 0. The second-order valence-electron chi connectivity index (χ2n) is 3.42. The molecule has 0 aromatic rings. The van der Waals surface area contributed by atoms with Gasteiger partial charge in [0.05, 0.1) is 0 Å². The second kappa shape index (κ2) is 5.07. The van der Waals surface area contributed by atoms with E-state index in [9.17, 15) is 0 Å². The SMILES string of the molecule is CCC(C)=NN=C1CCCCC1. The van der Waals surface area contributed by atoms with Crippen LogP contribution < -0.4 is 0 Å². The molecule has 1 rings (SSSR count). The number of hydrogen-bond acceptors (Lipinski definition) is 2. The van der Waals surface area contributed by atoms with Gasteiger partial charge < -0.3 is 0 Å². The first kappa shape index (κ1) is 9.43. The molecule has 1 saturated carbocycles. The van der Waals surface area contributed by atoms with Crippen molar-refractivity contribution in [1.29, 1.82) is 0 Å². The van der Waals surface area contributed by atoms with E-state index in [4.69, 9.17) is 0 Å². The van der Waals surface area contributed by atoms with E-state index in [0.717, 1.165) is 12.1 Å². The Labute approximate surface area is 74.8 Å². The van der Waals surface area contributed by atoms with Crippen molar-refractivity contribution in [2.45, 2.75) is 52.4 Å². The Balaban J connectivity index is 2.44. The molecular weight excluding hydrogens is 148 g/mol. The lowest BCUT2D eigenvalue weighted by Crippen LogP contribution is -2.04. The fourth-order valence-electron chi connectivity index (χ4n) is 1.29. The van der Waals surface area contributed by atoms with Gasteiger partial charge in [0.1, 0.15) is 0 Å². The molecule has 0 saturated heterocycles.